The van der Waals surface area contributed by atoms with Crippen LogP contribution in [-0.2, 0) is 9.59 Å². The first-order valence-electron chi connectivity index (χ1n) is 10.5. The number of imidazole rings is 1. The van der Waals surface area contributed by atoms with Gasteiger partial charge in [-0.15, -0.1) is 0 Å². The molecule has 0 bridgehead atoms. The number of aliphatic hydroxyl groups is 1. The number of aliphatic hydroxyl groups excluding tert-OH is 1. The number of phenols is 1. The first-order valence-corrected chi connectivity index (χ1v) is 10.5. The van der Waals surface area contributed by atoms with Crippen molar-refractivity contribution in [1.29, 1.82) is 0 Å². The molecule has 1 unspecified atom stereocenters. The molecule has 4 rings (SSSR count). The van der Waals surface area contributed by atoms with Crippen molar-refractivity contribution in [3.63, 3.8) is 0 Å². The Morgan fingerprint density at radius 3 is 2.66 bits per heavy atom. The number of benzene rings is 1. The first kappa shape index (κ1) is 21.6. The number of aryl methyl sites for hydroxylation is 1. The van der Waals surface area contributed by atoms with E-state index in [0.717, 1.165) is 6.54 Å². The van der Waals surface area contributed by atoms with Crippen LogP contribution in [0, 0.1) is 6.92 Å². The first-order chi connectivity index (χ1) is 15.3. The van der Waals surface area contributed by atoms with Crippen LogP contribution < -0.4 is 0 Å². The lowest BCUT2D eigenvalue weighted by atomic mass is 9.96. The molecule has 166 valence electrons. The minimum atomic E-state index is -0.807. The zero-order chi connectivity index (χ0) is 23.0. The Morgan fingerprint density at radius 1 is 1.16 bits per heavy atom. The highest BCUT2D eigenvalue weighted by Gasteiger charge is 2.46. The average Bonchev–Trinajstić information content (AvgIpc) is 3.21. The number of aromatic nitrogens is 2. The van der Waals surface area contributed by atoms with E-state index < -0.39 is 17.7 Å². The Kier molecular flexibility index (Phi) is 5.71. The van der Waals surface area contributed by atoms with E-state index in [4.69, 9.17) is 0 Å². The van der Waals surface area contributed by atoms with Gasteiger partial charge in [0, 0.05) is 12.7 Å². The Morgan fingerprint density at radius 2 is 1.94 bits per heavy atom. The maximum absolute atomic E-state index is 13.2. The number of Topliss-reactive ketones (excluding diaryl/α,β-unsaturated/α-hetero) is 1. The number of likely N-dealkylation sites (tertiary alicyclic amines) is 1. The quantitative estimate of drug-likeness (QED) is 0.352. The number of aromatic hydroxyl groups is 1. The minimum Gasteiger partial charge on any atom is -0.508 e. The number of fused-ring (bicyclic) bond motifs is 1. The number of phenolic OH excluding ortho intramolecular Hbond substituents is 1. The van der Waals surface area contributed by atoms with Crippen molar-refractivity contribution in [3.8, 4) is 5.75 Å². The van der Waals surface area contributed by atoms with Gasteiger partial charge in [0.05, 0.1) is 17.3 Å². The molecule has 1 aromatic carbocycles. The number of hydrogen-bond donors (Lipinski definition) is 2. The van der Waals surface area contributed by atoms with E-state index in [9.17, 15) is 19.8 Å². The smallest absolute Gasteiger partial charge is 0.295 e. The van der Waals surface area contributed by atoms with Crippen LogP contribution in [0.2, 0.25) is 0 Å². The van der Waals surface area contributed by atoms with Crippen LogP contribution in [0.25, 0.3) is 11.4 Å². The highest BCUT2D eigenvalue weighted by Crippen LogP contribution is 2.40. The van der Waals surface area contributed by atoms with Gasteiger partial charge in [-0.25, -0.2) is 4.98 Å². The number of nitrogens with zero attached hydrogens (tertiary/aromatic N) is 4. The van der Waals surface area contributed by atoms with Crippen LogP contribution in [0.1, 0.15) is 29.4 Å². The SMILES string of the molecule is Cc1nc2ccccn2c1C(O)=C1C(=O)C(=O)N(CCCN(C)C)C1c1cccc(O)c1. The van der Waals surface area contributed by atoms with Crippen molar-refractivity contribution in [2.75, 3.05) is 27.2 Å². The lowest BCUT2D eigenvalue weighted by Gasteiger charge is -2.26. The molecule has 1 amide bonds. The van der Waals surface area contributed by atoms with Crippen molar-refractivity contribution in [2.45, 2.75) is 19.4 Å². The Bertz CT molecular complexity index is 1230. The predicted molar refractivity (Wildman–Crippen MR) is 120 cm³/mol. The lowest BCUT2D eigenvalue weighted by Crippen LogP contribution is -2.32. The molecule has 3 heterocycles. The molecular weight excluding hydrogens is 408 g/mol. The van der Waals surface area contributed by atoms with Crippen molar-refractivity contribution in [1.82, 2.24) is 19.2 Å². The van der Waals surface area contributed by atoms with E-state index in [0.29, 0.717) is 35.6 Å². The summed E-state index contributed by atoms with van der Waals surface area (Å²) in [4.78, 5) is 34.1. The average molecular weight is 434 g/mol. The van der Waals surface area contributed by atoms with E-state index >= 15 is 0 Å². The summed E-state index contributed by atoms with van der Waals surface area (Å²) in [6.45, 7) is 2.83. The van der Waals surface area contributed by atoms with E-state index in [1.807, 2.05) is 25.1 Å². The minimum absolute atomic E-state index is 0.000735. The number of pyridine rings is 1. The summed E-state index contributed by atoms with van der Waals surface area (Å²) >= 11 is 0. The summed E-state index contributed by atoms with van der Waals surface area (Å²) in [5.41, 5.74) is 2.10. The molecule has 1 fully saturated rings. The zero-order valence-corrected chi connectivity index (χ0v) is 18.3. The van der Waals surface area contributed by atoms with Crippen LogP contribution >= 0.6 is 0 Å². The van der Waals surface area contributed by atoms with Gasteiger partial charge in [0.15, 0.2) is 5.76 Å². The van der Waals surface area contributed by atoms with Crippen LogP contribution in [-0.4, -0.2) is 68.3 Å². The van der Waals surface area contributed by atoms with Gasteiger partial charge in [-0.2, -0.15) is 0 Å². The third-order valence-corrected chi connectivity index (χ3v) is 5.66. The molecule has 8 nitrogen and oxygen atoms in total. The number of ketones is 1. The number of hydrogen-bond acceptors (Lipinski definition) is 6. The Hall–Kier alpha value is -3.65. The zero-order valence-electron chi connectivity index (χ0n) is 18.3. The molecule has 1 saturated heterocycles. The van der Waals surface area contributed by atoms with Gasteiger partial charge in [-0.1, -0.05) is 18.2 Å². The number of carbonyl (C=O) groups is 2. The highest BCUT2D eigenvalue weighted by molar-refractivity contribution is 6.46. The molecule has 3 aromatic rings. The van der Waals surface area contributed by atoms with Gasteiger partial charge in [0.2, 0.25) is 0 Å². The van der Waals surface area contributed by atoms with E-state index in [2.05, 4.69) is 4.98 Å². The Labute approximate surface area is 186 Å². The van der Waals surface area contributed by atoms with Crippen LogP contribution in [0.5, 0.6) is 5.75 Å². The van der Waals surface area contributed by atoms with Crippen LogP contribution in [0.3, 0.4) is 0 Å². The molecule has 0 saturated carbocycles. The third kappa shape index (κ3) is 3.73. The third-order valence-electron chi connectivity index (χ3n) is 5.66. The number of amides is 1. The summed E-state index contributed by atoms with van der Waals surface area (Å²) in [7, 11) is 3.88. The van der Waals surface area contributed by atoms with E-state index in [1.165, 1.54) is 17.0 Å². The summed E-state index contributed by atoms with van der Waals surface area (Å²) in [5, 5.41) is 21.4. The summed E-state index contributed by atoms with van der Waals surface area (Å²) in [5.74, 6) is -1.66. The largest absolute Gasteiger partial charge is 0.508 e. The van der Waals surface area contributed by atoms with E-state index in [1.54, 1.807) is 41.8 Å². The topological polar surface area (TPSA) is 98.4 Å². The molecule has 2 N–H and O–H groups in total. The Balaban J connectivity index is 1.89. The highest BCUT2D eigenvalue weighted by atomic mass is 16.3. The molecule has 0 radical (unpaired) electrons. The fourth-order valence-electron chi connectivity index (χ4n) is 4.24. The molecule has 8 heteroatoms. The lowest BCUT2D eigenvalue weighted by molar-refractivity contribution is -0.139. The fraction of sp³-hybridized carbons (Fsp3) is 0.292. The van der Waals surface area contributed by atoms with Crippen LogP contribution in [0.4, 0.5) is 0 Å². The van der Waals surface area contributed by atoms with E-state index in [-0.39, 0.29) is 17.1 Å². The standard InChI is InChI=1S/C24H26N4O4/c1-15-20(27-12-5-4-10-18(27)25-15)22(30)19-21(16-8-6-9-17(29)14-16)28(24(32)23(19)31)13-7-11-26(2)3/h4-6,8-10,12,14,21,29-30H,7,11,13H2,1-3H3. The van der Waals surface area contributed by atoms with Crippen LogP contribution in [0.15, 0.2) is 54.2 Å². The number of rotatable bonds is 6. The van der Waals surface area contributed by atoms with Crippen molar-refractivity contribution in [3.05, 3.63) is 71.2 Å². The van der Waals surface area contributed by atoms with Gasteiger partial charge in [-0.3, -0.25) is 14.0 Å². The molecule has 32 heavy (non-hydrogen) atoms. The normalized spacial score (nSPS) is 18.2. The maximum atomic E-state index is 13.2. The predicted octanol–water partition coefficient (Wildman–Crippen LogP) is 2.72. The van der Waals surface area contributed by atoms with Gasteiger partial charge in [0.25, 0.3) is 11.7 Å². The molecule has 0 spiro atoms. The second kappa shape index (κ2) is 8.47. The van der Waals surface area contributed by atoms with Gasteiger partial charge in [-0.05, 0) is 63.8 Å². The summed E-state index contributed by atoms with van der Waals surface area (Å²) in [6.07, 6.45) is 2.41. The molecular formula is C24H26N4O4. The van der Waals surface area contributed by atoms with Gasteiger partial charge in [0.1, 0.15) is 17.1 Å². The van der Waals surface area contributed by atoms with Crippen molar-refractivity contribution >= 4 is 23.1 Å². The second-order valence-corrected chi connectivity index (χ2v) is 8.22. The summed E-state index contributed by atoms with van der Waals surface area (Å²) in [6, 6.07) is 11.1. The maximum Gasteiger partial charge on any atom is 0.295 e. The van der Waals surface area contributed by atoms with Crippen molar-refractivity contribution in [2.24, 2.45) is 0 Å². The van der Waals surface area contributed by atoms with Crippen molar-refractivity contribution < 1.29 is 19.8 Å². The fourth-order valence-corrected chi connectivity index (χ4v) is 4.24. The van der Waals surface area contributed by atoms with Gasteiger partial charge >= 0.3 is 0 Å². The summed E-state index contributed by atoms with van der Waals surface area (Å²) < 4.78 is 1.70. The number of carbonyl (C=O) groups excluding carboxylic acids is 2. The molecule has 1 aliphatic rings. The molecule has 1 atom stereocenters. The molecule has 1 aliphatic heterocycles. The second-order valence-electron chi connectivity index (χ2n) is 8.22. The molecule has 2 aromatic heterocycles. The molecule has 0 aliphatic carbocycles. The van der Waals surface area contributed by atoms with Gasteiger partial charge < -0.3 is 20.0 Å². The monoisotopic (exact) mass is 434 g/mol.